The first-order chi connectivity index (χ1) is 30.5. The van der Waals surface area contributed by atoms with Crippen molar-refractivity contribution in [1.29, 1.82) is 0 Å². The number of unbranched alkanes of at least 4 members (excludes halogenated alkanes) is 9. The Morgan fingerprint density at radius 3 is 1.27 bits per heavy atom. The molecule has 0 N–H and O–H groups in total. The first-order valence-electron chi connectivity index (χ1n) is 23.9. The lowest BCUT2D eigenvalue weighted by Crippen LogP contribution is -2.30. The molecule has 0 rings (SSSR count). The van der Waals surface area contributed by atoms with Crippen LogP contribution in [0.1, 0.15) is 168 Å². The van der Waals surface area contributed by atoms with Crippen LogP contribution in [0.5, 0.6) is 0 Å². The highest BCUT2D eigenvalue weighted by molar-refractivity contribution is 5.71. The smallest absolute Gasteiger partial charge is 0.306 e. The van der Waals surface area contributed by atoms with Gasteiger partial charge in [0.1, 0.15) is 13.2 Å². The Hall–Kier alpha value is -4.71. The number of hydrogen-bond donors (Lipinski definition) is 0. The predicted molar refractivity (Wildman–Crippen MR) is 265 cm³/mol. The molecule has 1 unspecified atom stereocenters. The highest BCUT2D eigenvalue weighted by Crippen LogP contribution is 2.11. The molecular weight excluding hydrogens is 769 g/mol. The highest BCUT2D eigenvalue weighted by Gasteiger charge is 2.19. The molecule has 0 spiro atoms. The van der Waals surface area contributed by atoms with Crippen LogP contribution in [0.15, 0.2) is 146 Å². The largest absolute Gasteiger partial charge is 0.462 e. The zero-order chi connectivity index (χ0) is 45.1. The second-order valence-electron chi connectivity index (χ2n) is 15.0. The van der Waals surface area contributed by atoms with E-state index in [1.165, 1.54) is 12.8 Å². The van der Waals surface area contributed by atoms with Gasteiger partial charge in [-0.3, -0.25) is 14.4 Å². The van der Waals surface area contributed by atoms with Gasteiger partial charge in [-0.1, -0.05) is 199 Å². The average molecular weight is 853 g/mol. The highest BCUT2D eigenvalue weighted by atomic mass is 16.6. The molecule has 62 heavy (non-hydrogen) atoms. The van der Waals surface area contributed by atoms with Gasteiger partial charge in [-0.25, -0.2) is 0 Å². The first kappa shape index (κ1) is 57.3. The average Bonchev–Trinajstić information content (AvgIpc) is 3.27. The van der Waals surface area contributed by atoms with Crippen molar-refractivity contribution in [2.24, 2.45) is 0 Å². The fraction of sp³-hybridized carbons (Fsp3) is 0.518. The number of carbonyl (C=O) groups is 3. The number of ether oxygens (including phenoxy) is 3. The Balaban J connectivity index is 4.61. The van der Waals surface area contributed by atoms with Crippen molar-refractivity contribution >= 4 is 17.9 Å². The first-order valence-corrected chi connectivity index (χ1v) is 23.9. The standard InChI is InChI=1S/C56H84O6/c1-4-7-10-13-16-19-22-24-26-27-28-29-31-32-34-37-40-43-46-49-55(58)61-52-53(51-60-54(57)48-45-42-39-36-21-18-15-12-9-6-3)62-56(59)50-47-44-41-38-35-33-30-25-23-20-17-14-11-8-5-2/h7-8,10-11,14-20,23-26,28-30,32-35,40,43,53H,4-6,9,12-13,21-22,27,31,36-39,41-42,44-52H2,1-3H3/b10-7-,11-8-,17-14-,18-15-,19-16-,23-20-,26-24-,29-28-,30-25-,34-32-,35-33-,43-40-. The Morgan fingerprint density at radius 2 is 0.742 bits per heavy atom. The minimum atomic E-state index is -0.840. The van der Waals surface area contributed by atoms with Crippen LogP contribution < -0.4 is 0 Å². The molecule has 6 heteroatoms. The summed E-state index contributed by atoms with van der Waals surface area (Å²) < 4.78 is 16.6. The van der Waals surface area contributed by atoms with Crippen LogP contribution in [0.4, 0.5) is 0 Å². The van der Waals surface area contributed by atoms with E-state index in [4.69, 9.17) is 14.2 Å². The molecule has 0 aliphatic rings. The van der Waals surface area contributed by atoms with E-state index >= 15 is 0 Å². The predicted octanol–water partition coefficient (Wildman–Crippen LogP) is 15.7. The Kier molecular flexibility index (Phi) is 45.2. The van der Waals surface area contributed by atoms with Gasteiger partial charge in [-0.2, -0.15) is 0 Å². The van der Waals surface area contributed by atoms with Crippen molar-refractivity contribution in [2.75, 3.05) is 13.2 Å². The van der Waals surface area contributed by atoms with Gasteiger partial charge in [-0.15, -0.1) is 0 Å². The summed E-state index contributed by atoms with van der Waals surface area (Å²) in [4.78, 5) is 37.8. The molecule has 0 radical (unpaired) electrons. The summed E-state index contributed by atoms with van der Waals surface area (Å²) in [5.41, 5.74) is 0. The van der Waals surface area contributed by atoms with Crippen LogP contribution in [0.2, 0.25) is 0 Å². The summed E-state index contributed by atoms with van der Waals surface area (Å²) in [6, 6.07) is 0. The molecule has 1 atom stereocenters. The van der Waals surface area contributed by atoms with Crippen molar-refractivity contribution in [3.05, 3.63) is 146 Å². The van der Waals surface area contributed by atoms with E-state index < -0.39 is 6.10 Å². The van der Waals surface area contributed by atoms with E-state index in [2.05, 4.69) is 106 Å². The van der Waals surface area contributed by atoms with Crippen LogP contribution in [-0.2, 0) is 28.6 Å². The maximum Gasteiger partial charge on any atom is 0.306 e. The van der Waals surface area contributed by atoms with E-state index in [0.29, 0.717) is 19.3 Å². The third-order valence-corrected chi connectivity index (χ3v) is 9.20. The summed E-state index contributed by atoms with van der Waals surface area (Å²) in [5, 5.41) is 0. The van der Waals surface area contributed by atoms with Gasteiger partial charge in [-0.05, 0) is 96.3 Å². The lowest BCUT2D eigenvalue weighted by atomic mass is 10.1. The second-order valence-corrected chi connectivity index (χ2v) is 15.0. The molecule has 344 valence electrons. The molecular formula is C56H84O6. The fourth-order valence-corrected chi connectivity index (χ4v) is 5.64. The quantitative estimate of drug-likeness (QED) is 0.0201. The minimum Gasteiger partial charge on any atom is -0.462 e. The van der Waals surface area contributed by atoms with Crippen molar-refractivity contribution in [3.63, 3.8) is 0 Å². The summed E-state index contributed by atoms with van der Waals surface area (Å²) in [6.07, 6.45) is 69.9. The second kappa shape index (κ2) is 49.0. The molecule has 0 saturated carbocycles. The zero-order valence-electron chi connectivity index (χ0n) is 39.1. The van der Waals surface area contributed by atoms with Gasteiger partial charge in [0.2, 0.25) is 0 Å². The molecule has 0 aromatic rings. The third kappa shape index (κ3) is 46.4. The van der Waals surface area contributed by atoms with E-state index in [1.54, 1.807) is 0 Å². The maximum absolute atomic E-state index is 12.7. The van der Waals surface area contributed by atoms with Gasteiger partial charge in [0.25, 0.3) is 0 Å². The van der Waals surface area contributed by atoms with Crippen LogP contribution in [0, 0.1) is 0 Å². The summed E-state index contributed by atoms with van der Waals surface area (Å²) >= 11 is 0. The molecule has 0 amide bonds. The van der Waals surface area contributed by atoms with Gasteiger partial charge < -0.3 is 14.2 Å². The van der Waals surface area contributed by atoms with Crippen LogP contribution in [0.25, 0.3) is 0 Å². The fourth-order valence-electron chi connectivity index (χ4n) is 5.64. The normalized spacial score (nSPS) is 13.4. The number of rotatable bonds is 40. The molecule has 6 nitrogen and oxygen atoms in total. The summed E-state index contributed by atoms with van der Waals surface area (Å²) in [6.45, 7) is 6.18. The number of carbonyl (C=O) groups excluding carboxylic acids is 3. The zero-order valence-corrected chi connectivity index (χ0v) is 39.1. The SMILES string of the molecule is CC\C=C/C=C\C=C/C=C\C=C/CCCCCC(=O)OC(COC(=O)CC/C=C\C/C=C\C/C=C\C/C=C\C/C=C\C/C=C\CC)COC(=O)CCCCCC/C=C\CCCC. The van der Waals surface area contributed by atoms with E-state index in [-0.39, 0.29) is 44.0 Å². The van der Waals surface area contributed by atoms with Crippen molar-refractivity contribution in [3.8, 4) is 0 Å². The monoisotopic (exact) mass is 853 g/mol. The van der Waals surface area contributed by atoms with Crippen molar-refractivity contribution in [2.45, 2.75) is 175 Å². The molecule has 0 aliphatic carbocycles. The lowest BCUT2D eigenvalue weighted by molar-refractivity contribution is -0.166. The Bertz CT molecular complexity index is 1440. The van der Waals surface area contributed by atoms with Gasteiger partial charge in [0.05, 0.1) is 0 Å². The van der Waals surface area contributed by atoms with E-state index in [9.17, 15) is 14.4 Å². The molecule has 0 fully saturated rings. The lowest BCUT2D eigenvalue weighted by Gasteiger charge is -2.18. The van der Waals surface area contributed by atoms with Crippen molar-refractivity contribution in [1.82, 2.24) is 0 Å². The molecule has 0 aliphatic heterocycles. The molecule has 0 saturated heterocycles. The van der Waals surface area contributed by atoms with E-state index in [0.717, 1.165) is 103 Å². The van der Waals surface area contributed by atoms with Crippen molar-refractivity contribution < 1.29 is 28.6 Å². The summed E-state index contributed by atoms with van der Waals surface area (Å²) in [5.74, 6) is -1.09. The Morgan fingerprint density at radius 1 is 0.355 bits per heavy atom. The van der Waals surface area contributed by atoms with Gasteiger partial charge in [0, 0.05) is 19.3 Å². The molecule has 0 aromatic carbocycles. The van der Waals surface area contributed by atoms with E-state index in [1.807, 2.05) is 60.8 Å². The third-order valence-electron chi connectivity index (χ3n) is 9.20. The van der Waals surface area contributed by atoms with Crippen LogP contribution in [0.3, 0.4) is 0 Å². The van der Waals surface area contributed by atoms with Gasteiger partial charge >= 0.3 is 17.9 Å². The number of hydrogen-bond acceptors (Lipinski definition) is 6. The minimum absolute atomic E-state index is 0.132. The van der Waals surface area contributed by atoms with Gasteiger partial charge in [0.15, 0.2) is 6.10 Å². The van der Waals surface area contributed by atoms with Crippen LogP contribution in [-0.4, -0.2) is 37.2 Å². The topological polar surface area (TPSA) is 78.9 Å². The number of esters is 3. The molecule has 0 heterocycles. The molecule has 0 aromatic heterocycles. The Labute approximate surface area is 378 Å². The summed E-state index contributed by atoms with van der Waals surface area (Å²) in [7, 11) is 0. The molecule has 0 bridgehead atoms. The van der Waals surface area contributed by atoms with Crippen LogP contribution >= 0.6 is 0 Å². The number of allylic oxidation sites excluding steroid dienone is 24. The maximum atomic E-state index is 12.7.